The van der Waals surface area contributed by atoms with Gasteiger partial charge in [0.2, 0.25) is 0 Å². The standard InChI is InChI=1S/C16H25NO3/c1-6-13(4)19-15-7-9-16(10-8-15)20-14(5)11-18-17-12(2)3/h7-10,13-14H,6,11H2,1-5H3. The first-order valence-corrected chi connectivity index (χ1v) is 7.07. The molecule has 112 valence electrons. The first-order chi connectivity index (χ1) is 9.51. The Bertz CT molecular complexity index is 410. The molecule has 4 nitrogen and oxygen atoms in total. The van der Waals surface area contributed by atoms with Crippen molar-refractivity contribution in [1.29, 1.82) is 0 Å². The summed E-state index contributed by atoms with van der Waals surface area (Å²) >= 11 is 0. The molecular weight excluding hydrogens is 254 g/mol. The van der Waals surface area contributed by atoms with Crippen molar-refractivity contribution >= 4 is 5.71 Å². The highest BCUT2D eigenvalue weighted by molar-refractivity contribution is 5.78. The quantitative estimate of drug-likeness (QED) is 0.532. The fraction of sp³-hybridized carbons (Fsp3) is 0.562. The molecule has 0 aliphatic carbocycles. The van der Waals surface area contributed by atoms with Crippen LogP contribution in [0.25, 0.3) is 0 Å². The van der Waals surface area contributed by atoms with Crippen LogP contribution in [0, 0.1) is 0 Å². The van der Waals surface area contributed by atoms with Crippen molar-refractivity contribution in [2.45, 2.75) is 53.2 Å². The molecule has 0 bridgehead atoms. The van der Waals surface area contributed by atoms with Gasteiger partial charge in [-0.2, -0.15) is 0 Å². The molecule has 0 aromatic heterocycles. The topological polar surface area (TPSA) is 40.0 Å². The lowest BCUT2D eigenvalue weighted by atomic mass is 10.3. The van der Waals surface area contributed by atoms with E-state index in [0.717, 1.165) is 23.6 Å². The van der Waals surface area contributed by atoms with E-state index in [1.807, 2.05) is 45.0 Å². The molecular formula is C16H25NO3. The SMILES string of the molecule is CCC(C)Oc1ccc(OC(C)CON=C(C)C)cc1. The van der Waals surface area contributed by atoms with E-state index in [2.05, 4.69) is 19.0 Å². The molecule has 2 unspecified atom stereocenters. The lowest BCUT2D eigenvalue weighted by Crippen LogP contribution is -2.18. The van der Waals surface area contributed by atoms with Gasteiger partial charge < -0.3 is 14.3 Å². The second-order valence-corrected chi connectivity index (χ2v) is 5.07. The number of hydrogen-bond donors (Lipinski definition) is 0. The molecule has 0 N–H and O–H groups in total. The van der Waals surface area contributed by atoms with Crippen molar-refractivity contribution in [2.75, 3.05) is 6.61 Å². The Balaban J connectivity index is 2.42. The Labute approximate surface area is 121 Å². The molecule has 0 spiro atoms. The van der Waals surface area contributed by atoms with Crippen LogP contribution in [-0.4, -0.2) is 24.5 Å². The van der Waals surface area contributed by atoms with Crippen molar-refractivity contribution in [3.05, 3.63) is 24.3 Å². The third-order valence-corrected chi connectivity index (χ3v) is 2.63. The van der Waals surface area contributed by atoms with Crippen molar-refractivity contribution < 1.29 is 14.3 Å². The van der Waals surface area contributed by atoms with E-state index in [1.54, 1.807) is 0 Å². The number of nitrogens with zero attached hydrogens (tertiary/aromatic N) is 1. The summed E-state index contributed by atoms with van der Waals surface area (Å²) in [5.41, 5.74) is 0.892. The van der Waals surface area contributed by atoms with Crippen molar-refractivity contribution in [1.82, 2.24) is 0 Å². The van der Waals surface area contributed by atoms with E-state index in [-0.39, 0.29) is 12.2 Å². The number of oxime groups is 1. The molecule has 1 rings (SSSR count). The smallest absolute Gasteiger partial charge is 0.153 e. The van der Waals surface area contributed by atoms with Gasteiger partial charge >= 0.3 is 0 Å². The highest BCUT2D eigenvalue weighted by Crippen LogP contribution is 2.20. The molecule has 0 aliphatic heterocycles. The normalized spacial score (nSPS) is 13.2. The van der Waals surface area contributed by atoms with Crippen LogP contribution in [0.4, 0.5) is 0 Å². The van der Waals surface area contributed by atoms with E-state index in [0.29, 0.717) is 6.61 Å². The zero-order valence-electron chi connectivity index (χ0n) is 13.1. The summed E-state index contributed by atoms with van der Waals surface area (Å²) in [5.74, 6) is 1.66. The highest BCUT2D eigenvalue weighted by Gasteiger charge is 2.06. The molecule has 0 aliphatic rings. The number of rotatable bonds is 8. The molecule has 1 aromatic carbocycles. The second kappa shape index (κ2) is 8.46. The Morgan fingerprint density at radius 3 is 1.95 bits per heavy atom. The average molecular weight is 279 g/mol. The molecule has 2 atom stereocenters. The molecule has 20 heavy (non-hydrogen) atoms. The van der Waals surface area contributed by atoms with Gasteiger partial charge in [-0.1, -0.05) is 12.1 Å². The number of hydrogen-bond acceptors (Lipinski definition) is 4. The monoisotopic (exact) mass is 279 g/mol. The highest BCUT2D eigenvalue weighted by atomic mass is 16.6. The largest absolute Gasteiger partial charge is 0.491 e. The van der Waals surface area contributed by atoms with Crippen LogP contribution in [0.1, 0.15) is 41.0 Å². The van der Waals surface area contributed by atoms with Crippen LogP contribution in [0.5, 0.6) is 11.5 Å². The molecule has 0 heterocycles. The van der Waals surface area contributed by atoms with Gasteiger partial charge in [0.05, 0.1) is 11.8 Å². The molecule has 1 aromatic rings. The first kappa shape index (κ1) is 16.3. The third kappa shape index (κ3) is 6.45. The van der Waals surface area contributed by atoms with E-state index in [9.17, 15) is 0 Å². The minimum absolute atomic E-state index is 0.0561. The molecule has 0 saturated heterocycles. The van der Waals surface area contributed by atoms with Crippen LogP contribution in [0.15, 0.2) is 29.4 Å². The van der Waals surface area contributed by atoms with Gasteiger partial charge in [-0.15, -0.1) is 0 Å². The van der Waals surface area contributed by atoms with Gasteiger partial charge in [0.1, 0.15) is 17.6 Å². The van der Waals surface area contributed by atoms with Gasteiger partial charge in [-0.3, -0.25) is 0 Å². The molecule has 0 radical (unpaired) electrons. The average Bonchev–Trinajstić information content (AvgIpc) is 2.40. The van der Waals surface area contributed by atoms with Gasteiger partial charge in [0, 0.05) is 0 Å². The summed E-state index contributed by atoms with van der Waals surface area (Å²) in [6.07, 6.45) is 1.16. The number of benzene rings is 1. The summed E-state index contributed by atoms with van der Waals surface area (Å²) < 4.78 is 11.4. The predicted octanol–water partition coefficient (Wildman–Crippen LogP) is 4.04. The molecule has 0 saturated carbocycles. The van der Waals surface area contributed by atoms with Crippen LogP contribution in [0.3, 0.4) is 0 Å². The lowest BCUT2D eigenvalue weighted by molar-refractivity contribution is 0.0627. The maximum absolute atomic E-state index is 5.73. The first-order valence-electron chi connectivity index (χ1n) is 7.07. The molecule has 0 amide bonds. The Kier molecular flexibility index (Phi) is 6.91. The van der Waals surface area contributed by atoms with Crippen LogP contribution < -0.4 is 9.47 Å². The fourth-order valence-electron chi connectivity index (χ4n) is 1.45. The Morgan fingerprint density at radius 1 is 1.00 bits per heavy atom. The maximum Gasteiger partial charge on any atom is 0.153 e. The van der Waals surface area contributed by atoms with Crippen molar-refractivity contribution in [3.8, 4) is 11.5 Å². The second-order valence-electron chi connectivity index (χ2n) is 5.07. The van der Waals surface area contributed by atoms with Crippen LogP contribution in [-0.2, 0) is 4.84 Å². The van der Waals surface area contributed by atoms with Gasteiger partial charge in [-0.25, -0.2) is 0 Å². The van der Waals surface area contributed by atoms with E-state index in [1.165, 1.54) is 0 Å². The van der Waals surface area contributed by atoms with Crippen molar-refractivity contribution in [2.24, 2.45) is 5.16 Å². The summed E-state index contributed by atoms with van der Waals surface area (Å²) in [6.45, 7) is 10.3. The van der Waals surface area contributed by atoms with E-state index in [4.69, 9.17) is 14.3 Å². The van der Waals surface area contributed by atoms with Gasteiger partial charge in [0.15, 0.2) is 6.61 Å². The third-order valence-electron chi connectivity index (χ3n) is 2.63. The van der Waals surface area contributed by atoms with Crippen molar-refractivity contribution in [3.63, 3.8) is 0 Å². The van der Waals surface area contributed by atoms with Crippen LogP contribution in [0.2, 0.25) is 0 Å². The maximum atomic E-state index is 5.73. The minimum atomic E-state index is -0.0561. The Morgan fingerprint density at radius 2 is 1.50 bits per heavy atom. The Hall–Kier alpha value is -1.71. The van der Waals surface area contributed by atoms with Gasteiger partial charge in [-0.05, 0) is 58.4 Å². The number of ether oxygens (including phenoxy) is 2. The van der Waals surface area contributed by atoms with E-state index >= 15 is 0 Å². The predicted molar refractivity (Wildman–Crippen MR) is 81.6 cm³/mol. The lowest BCUT2D eigenvalue weighted by Gasteiger charge is -2.15. The molecule has 4 heteroatoms. The summed E-state index contributed by atoms with van der Waals surface area (Å²) in [7, 11) is 0. The zero-order chi connectivity index (χ0) is 15.0. The summed E-state index contributed by atoms with van der Waals surface area (Å²) in [6, 6.07) is 7.65. The van der Waals surface area contributed by atoms with E-state index < -0.39 is 0 Å². The molecule has 0 fully saturated rings. The minimum Gasteiger partial charge on any atom is -0.491 e. The fourth-order valence-corrected chi connectivity index (χ4v) is 1.45. The summed E-state index contributed by atoms with van der Waals surface area (Å²) in [5, 5.41) is 3.88. The van der Waals surface area contributed by atoms with Gasteiger partial charge in [0.25, 0.3) is 0 Å². The van der Waals surface area contributed by atoms with Crippen LogP contribution >= 0.6 is 0 Å². The zero-order valence-corrected chi connectivity index (χ0v) is 13.1. The summed E-state index contributed by atoms with van der Waals surface area (Å²) in [4.78, 5) is 5.16.